The predicted molar refractivity (Wildman–Crippen MR) is 69.4 cm³/mol. The van der Waals surface area contributed by atoms with Crippen molar-refractivity contribution in [2.75, 3.05) is 7.11 Å². The van der Waals surface area contributed by atoms with Gasteiger partial charge in [-0.25, -0.2) is 14.8 Å². The van der Waals surface area contributed by atoms with E-state index in [2.05, 4.69) is 33.7 Å². The standard InChI is InChI=1S/C13H16N4O2/c1-9(2)7-17-8-10(6-15-17)12-14-5-4-11(16-12)13(18)19-3/h4-6,8-9H,7H2,1-3H3. The molecule has 0 saturated heterocycles. The highest BCUT2D eigenvalue weighted by molar-refractivity contribution is 5.87. The quantitative estimate of drug-likeness (QED) is 0.784. The normalized spacial score (nSPS) is 10.7. The average Bonchev–Trinajstić information content (AvgIpc) is 2.85. The van der Waals surface area contributed by atoms with Crippen LogP contribution in [0.4, 0.5) is 0 Å². The van der Waals surface area contributed by atoms with Crippen LogP contribution < -0.4 is 0 Å². The summed E-state index contributed by atoms with van der Waals surface area (Å²) in [6, 6.07) is 1.52. The van der Waals surface area contributed by atoms with E-state index in [0.717, 1.165) is 12.1 Å². The van der Waals surface area contributed by atoms with Crippen LogP contribution in [0.3, 0.4) is 0 Å². The molecule has 0 N–H and O–H groups in total. The fourth-order valence-electron chi connectivity index (χ4n) is 1.67. The predicted octanol–water partition coefficient (Wildman–Crippen LogP) is 1.78. The third kappa shape index (κ3) is 3.15. The maximum atomic E-state index is 11.4. The van der Waals surface area contributed by atoms with Crippen molar-refractivity contribution in [3.05, 3.63) is 30.4 Å². The number of esters is 1. The molecule has 0 spiro atoms. The SMILES string of the molecule is COC(=O)c1ccnc(-c2cnn(CC(C)C)c2)n1. The molecule has 0 aliphatic rings. The van der Waals surface area contributed by atoms with Crippen LogP contribution in [0.25, 0.3) is 11.4 Å². The van der Waals surface area contributed by atoms with Gasteiger partial charge in [-0.3, -0.25) is 4.68 Å². The second-order valence-electron chi connectivity index (χ2n) is 4.60. The van der Waals surface area contributed by atoms with Gasteiger partial charge in [0.05, 0.1) is 18.9 Å². The zero-order chi connectivity index (χ0) is 13.8. The smallest absolute Gasteiger partial charge is 0.356 e. The number of ether oxygens (including phenoxy) is 1. The van der Waals surface area contributed by atoms with Crippen molar-refractivity contribution >= 4 is 5.97 Å². The van der Waals surface area contributed by atoms with E-state index in [1.165, 1.54) is 19.4 Å². The van der Waals surface area contributed by atoms with Crippen LogP contribution >= 0.6 is 0 Å². The summed E-state index contributed by atoms with van der Waals surface area (Å²) in [5.41, 5.74) is 1.02. The Morgan fingerprint density at radius 2 is 2.26 bits per heavy atom. The number of rotatable bonds is 4. The van der Waals surface area contributed by atoms with Crippen molar-refractivity contribution in [3.8, 4) is 11.4 Å². The summed E-state index contributed by atoms with van der Waals surface area (Å²) in [7, 11) is 1.32. The number of hydrogen-bond acceptors (Lipinski definition) is 5. The van der Waals surface area contributed by atoms with E-state index in [0.29, 0.717) is 11.7 Å². The molecule has 0 radical (unpaired) electrons. The molecule has 0 amide bonds. The van der Waals surface area contributed by atoms with Gasteiger partial charge in [0.15, 0.2) is 11.5 Å². The van der Waals surface area contributed by atoms with Gasteiger partial charge in [-0.2, -0.15) is 5.10 Å². The number of nitrogens with zero attached hydrogens (tertiary/aromatic N) is 4. The van der Waals surface area contributed by atoms with Crippen LogP contribution in [0.2, 0.25) is 0 Å². The summed E-state index contributed by atoms with van der Waals surface area (Å²) in [5.74, 6) is 0.506. The van der Waals surface area contributed by atoms with Gasteiger partial charge in [0, 0.05) is 18.9 Å². The summed E-state index contributed by atoms with van der Waals surface area (Å²) in [6.07, 6.45) is 5.10. The molecule has 0 aromatic carbocycles. The number of carbonyl (C=O) groups is 1. The second-order valence-corrected chi connectivity index (χ2v) is 4.60. The van der Waals surface area contributed by atoms with Crippen LogP contribution in [0.1, 0.15) is 24.3 Å². The van der Waals surface area contributed by atoms with Gasteiger partial charge in [-0.15, -0.1) is 0 Å². The molecule has 0 aliphatic carbocycles. The number of hydrogen-bond donors (Lipinski definition) is 0. The molecular weight excluding hydrogens is 244 g/mol. The second kappa shape index (κ2) is 5.60. The van der Waals surface area contributed by atoms with Crippen molar-refractivity contribution in [1.82, 2.24) is 19.7 Å². The summed E-state index contributed by atoms with van der Waals surface area (Å²) in [4.78, 5) is 19.7. The van der Waals surface area contributed by atoms with E-state index in [9.17, 15) is 4.79 Å². The zero-order valence-electron chi connectivity index (χ0n) is 11.2. The van der Waals surface area contributed by atoms with Crippen molar-refractivity contribution < 1.29 is 9.53 Å². The third-order valence-corrected chi connectivity index (χ3v) is 2.49. The molecular formula is C13H16N4O2. The molecule has 2 rings (SSSR count). The van der Waals surface area contributed by atoms with E-state index >= 15 is 0 Å². The van der Waals surface area contributed by atoms with Crippen molar-refractivity contribution in [2.24, 2.45) is 5.92 Å². The van der Waals surface area contributed by atoms with Crippen LogP contribution in [0.15, 0.2) is 24.7 Å². The largest absolute Gasteiger partial charge is 0.464 e. The Bertz CT molecular complexity index is 578. The summed E-state index contributed by atoms with van der Waals surface area (Å²) in [6.45, 7) is 5.07. The number of aromatic nitrogens is 4. The van der Waals surface area contributed by atoms with Crippen LogP contribution in [0, 0.1) is 5.92 Å². The van der Waals surface area contributed by atoms with Gasteiger partial charge < -0.3 is 4.74 Å². The highest BCUT2D eigenvalue weighted by Gasteiger charge is 2.11. The highest BCUT2D eigenvalue weighted by atomic mass is 16.5. The fraction of sp³-hybridized carbons (Fsp3) is 0.385. The van der Waals surface area contributed by atoms with Crippen molar-refractivity contribution in [3.63, 3.8) is 0 Å². The molecule has 0 aliphatic heterocycles. The fourth-order valence-corrected chi connectivity index (χ4v) is 1.67. The van der Waals surface area contributed by atoms with Gasteiger partial charge in [0.1, 0.15) is 0 Å². The van der Waals surface area contributed by atoms with Crippen molar-refractivity contribution in [2.45, 2.75) is 20.4 Å². The van der Waals surface area contributed by atoms with Gasteiger partial charge in [-0.1, -0.05) is 13.8 Å². The molecule has 6 heteroatoms. The third-order valence-electron chi connectivity index (χ3n) is 2.49. The van der Waals surface area contributed by atoms with Crippen molar-refractivity contribution in [1.29, 1.82) is 0 Å². The first-order valence-corrected chi connectivity index (χ1v) is 6.04. The molecule has 100 valence electrons. The first kappa shape index (κ1) is 13.2. The average molecular weight is 260 g/mol. The minimum atomic E-state index is -0.474. The lowest BCUT2D eigenvalue weighted by molar-refractivity contribution is 0.0594. The van der Waals surface area contributed by atoms with Gasteiger partial charge in [-0.05, 0) is 12.0 Å². The molecule has 6 nitrogen and oxygen atoms in total. The number of methoxy groups -OCH3 is 1. The van der Waals surface area contributed by atoms with Crippen LogP contribution in [0.5, 0.6) is 0 Å². The molecule has 2 aromatic rings. The van der Waals surface area contributed by atoms with Crippen LogP contribution in [-0.4, -0.2) is 32.8 Å². The minimum Gasteiger partial charge on any atom is -0.464 e. The van der Waals surface area contributed by atoms with Gasteiger partial charge >= 0.3 is 5.97 Å². The highest BCUT2D eigenvalue weighted by Crippen LogP contribution is 2.14. The van der Waals surface area contributed by atoms with E-state index in [1.807, 2.05) is 10.9 Å². The topological polar surface area (TPSA) is 69.9 Å². The Hall–Kier alpha value is -2.24. The minimum absolute atomic E-state index is 0.240. The molecule has 19 heavy (non-hydrogen) atoms. The molecule has 0 bridgehead atoms. The van der Waals surface area contributed by atoms with E-state index in [-0.39, 0.29) is 5.69 Å². The van der Waals surface area contributed by atoms with Gasteiger partial charge in [0.25, 0.3) is 0 Å². The van der Waals surface area contributed by atoms with E-state index < -0.39 is 5.97 Å². The summed E-state index contributed by atoms with van der Waals surface area (Å²) < 4.78 is 6.48. The maximum Gasteiger partial charge on any atom is 0.356 e. The number of carbonyl (C=O) groups excluding carboxylic acids is 1. The molecule has 0 fully saturated rings. The molecule has 2 aromatic heterocycles. The lowest BCUT2D eigenvalue weighted by Crippen LogP contribution is -2.05. The Morgan fingerprint density at radius 3 is 2.95 bits per heavy atom. The lowest BCUT2D eigenvalue weighted by atomic mass is 10.2. The zero-order valence-corrected chi connectivity index (χ0v) is 11.2. The maximum absolute atomic E-state index is 11.4. The Morgan fingerprint density at radius 1 is 1.47 bits per heavy atom. The lowest BCUT2D eigenvalue weighted by Gasteiger charge is -2.03. The molecule has 0 unspecified atom stereocenters. The summed E-state index contributed by atoms with van der Waals surface area (Å²) >= 11 is 0. The monoisotopic (exact) mass is 260 g/mol. The Kier molecular flexibility index (Phi) is 3.89. The van der Waals surface area contributed by atoms with Gasteiger partial charge in [0.2, 0.25) is 0 Å². The van der Waals surface area contributed by atoms with E-state index in [4.69, 9.17) is 0 Å². The molecule has 0 atom stereocenters. The Balaban J connectivity index is 2.26. The van der Waals surface area contributed by atoms with E-state index in [1.54, 1.807) is 6.20 Å². The first-order valence-electron chi connectivity index (χ1n) is 6.04. The van der Waals surface area contributed by atoms with Crippen LogP contribution in [-0.2, 0) is 11.3 Å². The molecule has 0 saturated carbocycles. The molecule has 2 heterocycles. The first-order chi connectivity index (χ1) is 9.10. The Labute approximate surface area is 111 Å². The summed E-state index contributed by atoms with van der Waals surface area (Å²) in [5, 5.41) is 4.25.